The summed E-state index contributed by atoms with van der Waals surface area (Å²) in [6.07, 6.45) is 2.32. The molecule has 2 aliphatic rings. The number of nitrogens with zero attached hydrogens (tertiary/aromatic N) is 3. The number of aromatic nitrogens is 1. The molecule has 3 heterocycles. The predicted octanol–water partition coefficient (Wildman–Crippen LogP) is 1.43. The van der Waals surface area contributed by atoms with E-state index in [-0.39, 0.29) is 11.9 Å². The van der Waals surface area contributed by atoms with E-state index in [0.29, 0.717) is 6.42 Å². The monoisotopic (exact) mass is 272 g/mol. The topological polar surface area (TPSA) is 48.5 Å². The minimum Gasteiger partial charge on any atom is -0.336 e. The average Bonchev–Trinajstić information content (AvgIpc) is 2.46. The second-order valence-electron chi connectivity index (χ2n) is 5.23. The van der Waals surface area contributed by atoms with Gasteiger partial charge in [-0.2, -0.15) is 0 Å². The van der Waals surface area contributed by atoms with Crippen LogP contribution < -0.4 is 10.4 Å². The summed E-state index contributed by atoms with van der Waals surface area (Å²) < 4.78 is 0. The molecule has 0 aromatic carbocycles. The van der Waals surface area contributed by atoms with Crippen LogP contribution in [0.2, 0.25) is 0 Å². The summed E-state index contributed by atoms with van der Waals surface area (Å²) in [6.45, 7) is 5.63. The van der Waals surface area contributed by atoms with Crippen molar-refractivity contribution in [1.29, 1.82) is 0 Å². The lowest BCUT2D eigenvalue weighted by Gasteiger charge is -2.41. The molecule has 0 aliphatic carbocycles. The van der Waals surface area contributed by atoms with Gasteiger partial charge in [-0.05, 0) is 37.1 Å². The van der Waals surface area contributed by atoms with Crippen LogP contribution in [0.4, 0.5) is 5.82 Å². The third-order valence-corrected chi connectivity index (χ3v) is 4.24. The molecule has 0 spiro atoms. The van der Waals surface area contributed by atoms with Crippen molar-refractivity contribution in [1.82, 2.24) is 15.3 Å². The Morgan fingerprint density at radius 2 is 2.30 bits per heavy atom. The van der Waals surface area contributed by atoms with Gasteiger partial charge in [0.2, 0.25) is 5.91 Å². The zero-order valence-corrected chi connectivity index (χ0v) is 12.2. The number of rotatable bonds is 2. The number of likely N-dealkylation sites (N-methyl/N-ethyl adjacent to an activating group) is 1. The maximum absolute atomic E-state index is 12.2. The van der Waals surface area contributed by atoms with E-state index in [9.17, 15) is 4.79 Å². The number of nitrogens with one attached hydrogen (secondary N) is 1. The summed E-state index contributed by atoms with van der Waals surface area (Å²) in [7, 11) is 1.89. The average molecular weight is 272 g/mol. The first-order valence-corrected chi connectivity index (χ1v) is 7.09. The molecule has 2 aliphatic heterocycles. The molecule has 5 nitrogen and oxygen atoms in total. The van der Waals surface area contributed by atoms with E-state index in [1.165, 1.54) is 11.1 Å². The van der Waals surface area contributed by atoms with Crippen LogP contribution in [-0.2, 0) is 4.79 Å². The van der Waals surface area contributed by atoms with Gasteiger partial charge < -0.3 is 4.90 Å². The van der Waals surface area contributed by atoms with Crippen LogP contribution in [0.1, 0.15) is 25.8 Å². The molecule has 0 saturated carbocycles. The van der Waals surface area contributed by atoms with Crippen LogP contribution >= 0.6 is 0 Å². The fourth-order valence-electron chi connectivity index (χ4n) is 3.33. The summed E-state index contributed by atoms with van der Waals surface area (Å²) in [4.78, 5) is 18.7. The minimum atomic E-state index is 0.123. The Morgan fingerprint density at radius 1 is 1.50 bits per heavy atom. The Labute approximate surface area is 119 Å². The second kappa shape index (κ2) is 4.90. The summed E-state index contributed by atoms with van der Waals surface area (Å²) in [6, 6.07) is 4.18. The van der Waals surface area contributed by atoms with E-state index in [0.717, 1.165) is 24.5 Å². The Balaban J connectivity index is 2.14. The minimum absolute atomic E-state index is 0.123. The van der Waals surface area contributed by atoms with Crippen LogP contribution in [0.25, 0.3) is 5.57 Å². The Hall–Kier alpha value is -1.88. The van der Waals surface area contributed by atoms with Gasteiger partial charge in [0.05, 0.1) is 19.0 Å². The lowest BCUT2D eigenvalue weighted by molar-refractivity contribution is -0.131. The van der Waals surface area contributed by atoms with Crippen molar-refractivity contribution >= 4 is 17.3 Å². The largest absolute Gasteiger partial charge is 0.336 e. The second-order valence-corrected chi connectivity index (χ2v) is 5.23. The van der Waals surface area contributed by atoms with E-state index in [4.69, 9.17) is 0 Å². The normalized spacial score (nSPS) is 21.9. The molecule has 1 aromatic heterocycles. The molecule has 0 saturated heterocycles. The number of anilines is 1. The molecule has 1 atom stereocenters. The molecular weight excluding hydrogens is 252 g/mol. The zero-order valence-electron chi connectivity index (χ0n) is 12.2. The van der Waals surface area contributed by atoms with Crippen LogP contribution in [0.15, 0.2) is 23.9 Å². The van der Waals surface area contributed by atoms with Crippen LogP contribution in [0.3, 0.4) is 0 Å². The van der Waals surface area contributed by atoms with E-state index in [1.54, 1.807) is 0 Å². The Bertz CT molecular complexity index is 581. The maximum Gasteiger partial charge on any atom is 0.227 e. The van der Waals surface area contributed by atoms with Gasteiger partial charge in [-0.25, -0.2) is 10.4 Å². The Kier molecular flexibility index (Phi) is 3.22. The van der Waals surface area contributed by atoms with Gasteiger partial charge in [0.15, 0.2) is 5.82 Å². The number of amides is 1. The van der Waals surface area contributed by atoms with Crippen LogP contribution in [-0.4, -0.2) is 42.0 Å². The van der Waals surface area contributed by atoms with E-state index in [1.807, 2.05) is 36.1 Å². The van der Waals surface area contributed by atoms with E-state index < -0.39 is 0 Å². The van der Waals surface area contributed by atoms with Crippen molar-refractivity contribution in [3.63, 3.8) is 0 Å². The first-order valence-electron chi connectivity index (χ1n) is 7.09. The fraction of sp³-hybridized carbons (Fsp3) is 0.467. The van der Waals surface area contributed by atoms with Crippen molar-refractivity contribution in [2.24, 2.45) is 0 Å². The van der Waals surface area contributed by atoms with E-state index in [2.05, 4.69) is 23.4 Å². The third-order valence-electron chi connectivity index (χ3n) is 4.24. The quantitative estimate of drug-likeness (QED) is 0.885. The van der Waals surface area contributed by atoms with Crippen molar-refractivity contribution in [3.8, 4) is 0 Å². The molecule has 3 rings (SSSR count). The molecule has 1 amide bonds. The lowest BCUT2D eigenvalue weighted by Crippen LogP contribution is -2.48. The highest BCUT2D eigenvalue weighted by Gasteiger charge is 2.36. The van der Waals surface area contributed by atoms with Crippen LogP contribution in [0.5, 0.6) is 0 Å². The van der Waals surface area contributed by atoms with Gasteiger partial charge in [0.1, 0.15) is 0 Å². The summed E-state index contributed by atoms with van der Waals surface area (Å²) >= 11 is 0. The number of hydrogen-bond donors (Lipinski definition) is 1. The van der Waals surface area contributed by atoms with Gasteiger partial charge in [0.25, 0.3) is 0 Å². The molecule has 106 valence electrons. The summed E-state index contributed by atoms with van der Waals surface area (Å²) in [5, 5.41) is 2.01. The van der Waals surface area contributed by atoms with E-state index >= 15 is 0 Å². The zero-order chi connectivity index (χ0) is 14.3. The number of fused-ring (bicyclic) bond motifs is 2. The molecule has 20 heavy (non-hydrogen) atoms. The SMILES string of the molecule is CCN1C(=O)CC2=C(c3cccnc3N(NC)C2)C1C. The van der Waals surface area contributed by atoms with Crippen molar-refractivity contribution in [3.05, 3.63) is 29.5 Å². The number of carbonyl (C=O) groups excluding carboxylic acids is 1. The maximum atomic E-state index is 12.2. The first kappa shape index (κ1) is 13.1. The molecule has 1 N–H and O–H groups in total. The number of hydrazine groups is 1. The molecule has 0 radical (unpaired) electrons. The predicted molar refractivity (Wildman–Crippen MR) is 79.0 cm³/mol. The molecule has 0 fully saturated rings. The summed E-state index contributed by atoms with van der Waals surface area (Å²) in [5.41, 5.74) is 6.79. The van der Waals surface area contributed by atoms with Crippen molar-refractivity contribution in [2.45, 2.75) is 26.3 Å². The molecular formula is C15H20N4O. The van der Waals surface area contributed by atoms with Gasteiger partial charge in [-0.3, -0.25) is 9.80 Å². The van der Waals surface area contributed by atoms with Crippen molar-refractivity contribution in [2.75, 3.05) is 25.1 Å². The molecule has 5 heteroatoms. The Morgan fingerprint density at radius 3 is 3.00 bits per heavy atom. The molecule has 1 aromatic rings. The fourth-order valence-corrected chi connectivity index (χ4v) is 3.33. The van der Waals surface area contributed by atoms with Gasteiger partial charge in [0, 0.05) is 25.4 Å². The first-order chi connectivity index (χ1) is 9.67. The molecule has 0 bridgehead atoms. The standard InChI is InChI=1S/C15H20N4O/c1-4-18-10(2)14-11(8-13(18)20)9-19(16-3)15-12(14)6-5-7-17-15/h5-7,10,16H,4,8-9H2,1-3H3. The summed E-state index contributed by atoms with van der Waals surface area (Å²) in [5.74, 6) is 1.17. The smallest absolute Gasteiger partial charge is 0.227 e. The molecule has 1 unspecified atom stereocenters. The van der Waals surface area contributed by atoms with Crippen LogP contribution in [0, 0.1) is 0 Å². The lowest BCUT2D eigenvalue weighted by atomic mass is 9.85. The third kappa shape index (κ3) is 1.81. The number of carbonyl (C=O) groups is 1. The van der Waals surface area contributed by atoms with Crippen molar-refractivity contribution < 1.29 is 4.79 Å². The van der Waals surface area contributed by atoms with Gasteiger partial charge in [-0.1, -0.05) is 0 Å². The highest BCUT2D eigenvalue weighted by molar-refractivity contribution is 5.93. The highest BCUT2D eigenvalue weighted by Crippen LogP contribution is 2.39. The van der Waals surface area contributed by atoms with Gasteiger partial charge in [-0.15, -0.1) is 0 Å². The number of pyridine rings is 1. The van der Waals surface area contributed by atoms with Gasteiger partial charge >= 0.3 is 0 Å². The number of hydrogen-bond acceptors (Lipinski definition) is 4. The highest BCUT2D eigenvalue weighted by atomic mass is 16.2.